The van der Waals surface area contributed by atoms with E-state index >= 15 is 0 Å². The maximum atomic E-state index is 12.5. The largest absolute Gasteiger partial charge is 0.302 e. The van der Waals surface area contributed by atoms with E-state index in [1.807, 2.05) is 64.6 Å². The van der Waals surface area contributed by atoms with E-state index < -0.39 is 0 Å². The lowest BCUT2D eigenvalue weighted by Crippen LogP contribution is -2.14. The van der Waals surface area contributed by atoms with E-state index in [2.05, 4.69) is 39.2 Å². The molecule has 2 aromatic heterocycles. The second-order valence-corrected chi connectivity index (χ2v) is 8.83. The van der Waals surface area contributed by atoms with Crippen LogP contribution in [0, 0.1) is 0 Å². The normalized spacial score (nSPS) is 10.8. The van der Waals surface area contributed by atoms with Gasteiger partial charge >= 0.3 is 0 Å². The molecule has 0 aliphatic heterocycles. The lowest BCUT2D eigenvalue weighted by Gasteiger charge is -2.08. The van der Waals surface area contributed by atoms with Crippen molar-refractivity contribution in [2.75, 3.05) is 11.1 Å². The third-order valence-corrected chi connectivity index (χ3v) is 6.46. The third kappa shape index (κ3) is 5.72. The number of nitrogens with zero attached hydrogens (tertiary/aromatic N) is 4. The number of thiazole rings is 1. The van der Waals surface area contributed by atoms with Crippen molar-refractivity contribution in [2.24, 2.45) is 0 Å². The lowest BCUT2D eigenvalue weighted by molar-refractivity contribution is -0.113. The van der Waals surface area contributed by atoms with Gasteiger partial charge in [-0.05, 0) is 12.0 Å². The Hall–Kier alpha value is -3.23. The topological polar surface area (TPSA) is 72.7 Å². The third-order valence-electron chi connectivity index (χ3n) is 4.74. The molecule has 0 radical (unpaired) electrons. The van der Waals surface area contributed by atoms with Crippen LogP contribution in [0.5, 0.6) is 0 Å². The van der Waals surface area contributed by atoms with Crippen molar-refractivity contribution in [3.05, 3.63) is 90.1 Å². The summed E-state index contributed by atoms with van der Waals surface area (Å²) in [5, 5.41) is 14.8. The molecule has 4 rings (SSSR count). The molecule has 0 atom stereocenters. The molecule has 0 aliphatic rings. The molecule has 32 heavy (non-hydrogen) atoms. The van der Waals surface area contributed by atoms with Gasteiger partial charge in [0.1, 0.15) is 5.82 Å². The minimum absolute atomic E-state index is 0.122. The van der Waals surface area contributed by atoms with Gasteiger partial charge in [-0.1, -0.05) is 78.5 Å². The van der Waals surface area contributed by atoms with Crippen molar-refractivity contribution in [2.45, 2.75) is 24.5 Å². The molecule has 0 fully saturated rings. The number of carbonyl (C=O) groups excluding carboxylic acids is 1. The summed E-state index contributed by atoms with van der Waals surface area (Å²) in [4.78, 5) is 17.0. The molecule has 0 saturated carbocycles. The predicted molar refractivity (Wildman–Crippen MR) is 131 cm³/mol. The standard InChI is InChI=1S/C24H23N5OS2/c1-2-15-29-21(14-13-18-9-5-3-6-10-18)27-28-24(29)32-17-22(30)26-23-25-20(16-31-23)19-11-7-4-8-12-19/h2-12,16H,1,13-15,17H2,(H,25,26,30). The molecule has 0 spiro atoms. The quantitative estimate of drug-likeness (QED) is 0.263. The van der Waals surface area contributed by atoms with E-state index in [0.29, 0.717) is 16.8 Å². The van der Waals surface area contributed by atoms with Crippen LogP contribution in [0.1, 0.15) is 11.4 Å². The molecule has 162 valence electrons. The van der Waals surface area contributed by atoms with Gasteiger partial charge in [0.15, 0.2) is 10.3 Å². The fourth-order valence-corrected chi connectivity index (χ4v) is 4.68. The van der Waals surface area contributed by atoms with Gasteiger partial charge in [-0.3, -0.25) is 4.79 Å². The Morgan fingerprint density at radius 1 is 1.06 bits per heavy atom. The highest BCUT2D eigenvalue weighted by Crippen LogP contribution is 2.25. The first-order valence-electron chi connectivity index (χ1n) is 10.2. The number of anilines is 1. The van der Waals surface area contributed by atoms with Gasteiger partial charge in [-0.15, -0.1) is 28.1 Å². The minimum Gasteiger partial charge on any atom is -0.302 e. The Balaban J connectivity index is 1.34. The Kier molecular flexibility index (Phi) is 7.47. The van der Waals surface area contributed by atoms with Crippen LogP contribution in [0.15, 0.2) is 83.9 Å². The first kappa shape index (κ1) is 22.0. The molecule has 0 unspecified atom stereocenters. The monoisotopic (exact) mass is 461 g/mol. The number of amides is 1. The van der Waals surface area contributed by atoms with Gasteiger partial charge in [0, 0.05) is 23.9 Å². The van der Waals surface area contributed by atoms with Crippen LogP contribution in [-0.2, 0) is 24.2 Å². The van der Waals surface area contributed by atoms with Crippen LogP contribution in [0.25, 0.3) is 11.3 Å². The van der Waals surface area contributed by atoms with Crippen LogP contribution >= 0.6 is 23.1 Å². The number of allylic oxidation sites excluding steroid dienone is 1. The number of aryl methyl sites for hydroxylation is 2. The number of benzene rings is 2. The van der Waals surface area contributed by atoms with Crippen molar-refractivity contribution < 1.29 is 4.79 Å². The van der Waals surface area contributed by atoms with E-state index in [1.54, 1.807) is 0 Å². The highest BCUT2D eigenvalue weighted by atomic mass is 32.2. The fourth-order valence-electron chi connectivity index (χ4n) is 3.18. The van der Waals surface area contributed by atoms with Crippen molar-refractivity contribution >= 4 is 34.1 Å². The van der Waals surface area contributed by atoms with E-state index in [4.69, 9.17) is 0 Å². The van der Waals surface area contributed by atoms with Crippen molar-refractivity contribution in [3.8, 4) is 11.3 Å². The Morgan fingerprint density at radius 2 is 1.81 bits per heavy atom. The Morgan fingerprint density at radius 3 is 2.56 bits per heavy atom. The van der Waals surface area contributed by atoms with Gasteiger partial charge in [0.2, 0.25) is 5.91 Å². The predicted octanol–water partition coefficient (Wildman–Crippen LogP) is 5.10. The van der Waals surface area contributed by atoms with Gasteiger partial charge < -0.3 is 9.88 Å². The summed E-state index contributed by atoms with van der Waals surface area (Å²) >= 11 is 2.78. The van der Waals surface area contributed by atoms with Crippen LogP contribution in [0.3, 0.4) is 0 Å². The average Bonchev–Trinajstić information content (AvgIpc) is 3.45. The summed E-state index contributed by atoms with van der Waals surface area (Å²) in [5.41, 5.74) is 3.14. The van der Waals surface area contributed by atoms with Gasteiger partial charge in [0.05, 0.1) is 11.4 Å². The number of nitrogens with one attached hydrogen (secondary N) is 1. The molecule has 1 amide bonds. The minimum atomic E-state index is -0.122. The number of carbonyl (C=O) groups is 1. The summed E-state index contributed by atoms with van der Waals surface area (Å²) in [6, 6.07) is 20.2. The van der Waals surface area contributed by atoms with E-state index in [-0.39, 0.29) is 11.7 Å². The van der Waals surface area contributed by atoms with Crippen LogP contribution in [0.4, 0.5) is 5.13 Å². The van der Waals surface area contributed by atoms with Crippen LogP contribution in [-0.4, -0.2) is 31.4 Å². The summed E-state index contributed by atoms with van der Waals surface area (Å²) in [6.07, 6.45) is 3.48. The molecular weight excluding hydrogens is 438 g/mol. The SMILES string of the molecule is C=CCn1c(CCc2ccccc2)nnc1SCC(=O)Nc1nc(-c2ccccc2)cs1. The second-order valence-electron chi connectivity index (χ2n) is 7.02. The summed E-state index contributed by atoms with van der Waals surface area (Å²) in [7, 11) is 0. The molecule has 8 heteroatoms. The second kappa shape index (κ2) is 10.9. The van der Waals surface area contributed by atoms with Gasteiger partial charge in [-0.2, -0.15) is 0 Å². The zero-order valence-electron chi connectivity index (χ0n) is 17.5. The lowest BCUT2D eigenvalue weighted by atomic mass is 10.1. The first-order chi connectivity index (χ1) is 15.7. The van der Waals surface area contributed by atoms with Crippen LogP contribution < -0.4 is 5.32 Å². The number of hydrogen-bond donors (Lipinski definition) is 1. The maximum absolute atomic E-state index is 12.5. The molecule has 2 aromatic carbocycles. The molecule has 6 nitrogen and oxygen atoms in total. The number of aromatic nitrogens is 4. The Labute approximate surface area is 195 Å². The molecule has 0 bridgehead atoms. The smallest absolute Gasteiger partial charge is 0.236 e. The zero-order chi connectivity index (χ0) is 22.2. The first-order valence-corrected chi connectivity index (χ1v) is 12.1. The molecule has 4 aromatic rings. The van der Waals surface area contributed by atoms with Gasteiger partial charge in [-0.25, -0.2) is 4.98 Å². The highest BCUT2D eigenvalue weighted by Gasteiger charge is 2.14. The summed E-state index contributed by atoms with van der Waals surface area (Å²) in [5.74, 6) is 1.00. The fraction of sp³-hybridized carbons (Fsp3) is 0.167. The number of thioether (sulfide) groups is 1. The van der Waals surface area contributed by atoms with Gasteiger partial charge in [0.25, 0.3) is 0 Å². The van der Waals surface area contributed by atoms with Crippen molar-refractivity contribution in [3.63, 3.8) is 0 Å². The number of hydrogen-bond acceptors (Lipinski definition) is 6. The molecule has 0 aliphatic carbocycles. The van der Waals surface area contributed by atoms with Crippen LogP contribution in [0.2, 0.25) is 0 Å². The average molecular weight is 462 g/mol. The highest BCUT2D eigenvalue weighted by molar-refractivity contribution is 7.99. The summed E-state index contributed by atoms with van der Waals surface area (Å²) < 4.78 is 2.02. The zero-order valence-corrected chi connectivity index (χ0v) is 19.1. The van der Waals surface area contributed by atoms with E-state index in [0.717, 1.165) is 29.9 Å². The van der Waals surface area contributed by atoms with Crippen molar-refractivity contribution in [1.29, 1.82) is 0 Å². The Bertz CT molecular complexity index is 1170. The maximum Gasteiger partial charge on any atom is 0.236 e. The summed E-state index contributed by atoms with van der Waals surface area (Å²) in [6.45, 7) is 4.45. The molecule has 0 saturated heterocycles. The van der Waals surface area contributed by atoms with Crippen molar-refractivity contribution in [1.82, 2.24) is 19.7 Å². The number of rotatable bonds is 10. The molecule has 1 N–H and O–H groups in total. The molecular formula is C24H23N5OS2. The molecule has 2 heterocycles. The van der Waals surface area contributed by atoms with E-state index in [1.165, 1.54) is 28.7 Å². The van der Waals surface area contributed by atoms with E-state index in [9.17, 15) is 4.79 Å².